The van der Waals surface area contributed by atoms with Crippen LogP contribution in [0.25, 0.3) is 5.65 Å². The van der Waals surface area contributed by atoms with Gasteiger partial charge in [-0.15, -0.1) is 10.2 Å². The molecule has 2 heterocycles. The Bertz CT molecular complexity index is 919. The molecule has 3 rings (SSSR count). The first kappa shape index (κ1) is 17.8. The van der Waals surface area contributed by atoms with E-state index >= 15 is 0 Å². The largest absolute Gasteiger partial charge is 0.417 e. The van der Waals surface area contributed by atoms with Crippen molar-refractivity contribution in [1.29, 1.82) is 0 Å². The minimum Gasteiger partial charge on any atom is -0.349 e. The van der Waals surface area contributed by atoms with Gasteiger partial charge in [0.2, 0.25) is 5.91 Å². The minimum atomic E-state index is -4.48. The Balaban J connectivity index is 1.62. The third-order valence-corrected chi connectivity index (χ3v) is 3.80. The number of aromatic nitrogens is 3. The molecule has 0 fully saturated rings. The van der Waals surface area contributed by atoms with Gasteiger partial charge in [-0.3, -0.25) is 9.20 Å². The standard InChI is InChI=1S/C17H14F4N4O/c18-13-5-1-11(2-6-13)3-8-16(26)22-9-15-24-23-14-7-4-12(10-25(14)15)17(19,20)21/h1-2,4-7,10H,3,8-9H2,(H,22,26). The number of rotatable bonds is 5. The number of benzene rings is 1. The van der Waals surface area contributed by atoms with Crippen LogP contribution in [-0.2, 0) is 23.9 Å². The highest BCUT2D eigenvalue weighted by Gasteiger charge is 2.31. The summed E-state index contributed by atoms with van der Waals surface area (Å²) in [5.41, 5.74) is 0.242. The van der Waals surface area contributed by atoms with Crippen LogP contribution in [-0.4, -0.2) is 20.5 Å². The summed E-state index contributed by atoms with van der Waals surface area (Å²) in [5.74, 6) is -0.450. The molecule has 0 unspecified atom stereocenters. The summed E-state index contributed by atoms with van der Waals surface area (Å²) >= 11 is 0. The first-order chi connectivity index (χ1) is 12.3. The maximum absolute atomic E-state index is 12.8. The predicted molar refractivity (Wildman–Crippen MR) is 84.6 cm³/mol. The zero-order valence-electron chi connectivity index (χ0n) is 13.4. The maximum atomic E-state index is 12.8. The zero-order valence-corrected chi connectivity index (χ0v) is 13.4. The van der Waals surface area contributed by atoms with Crippen LogP contribution in [0, 0.1) is 5.82 Å². The van der Waals surface area contributed by atoms with E-state index in [0.717, 1.165) is 17.8 Å². The van der Waals surface area contributed by atoms with Gasteiger partial charge in [-0.2, -0.15) is 13.2 Å². The second kappa shape index (κ2) is 7.11. The third-order valence-electron chi connectivity index (χ3n) is 3.80. The van der Waals surface area contributed by atoms with E-state index in [1.165, 1.54) is 22.6 Å². The van der Waals surface area contributed by atoms with Crippen molar-refractivity contribution < 1.29 is 22.4 Å². The lowest BCUT2D eigenvalue weighted by Gasteiger charge is -2.08. The minimum absolute atomic E-state index is 0.0509. The Kier molecular flexibility index (Phi) is 4.88. The lowest BCUT2D eigenvalue weighted by Crippen LogP contribution is -2.24. The van der Waals surface area contributed by atoms with Gasteiger partial charge in [-0.05, 0) is 36.2 Å². The van der Waals surface area contributed by atoms with Crippen molar-refractivity contribution in [2.45, 2.75) is 25.6 Å². The van der Waals surface area contributed by atoms with Crippen molar-refractivity contribution in [3.63, 3.8) is 0 Å². The van der Waals surface area contributed by atoms with Crippen LogP contribution in [0.4, 0.5) is 17.6 Å². The van der Waals surface area contributed by atoms with Gasteiger partial charge in [0.05, 0.1) is 12.1 Å². The lowest BCUT2D eigenvalue weighted by molar-refractivity contribution is -0.137. The smallest absolute Gasteiger partial charge is 0.349 e. The van der Waals surface area contributed by atoms with Crippen LogP contribution in [0.3, 0.4) is 0 Å². The number of nitrogens with one attached hydrogen (secondary N) is 1. The average molecular weight is 366 g/mol. The van der Waals surface area contributed by atoms with Crippen molar-refractivity contribution >= 4 is 11.6 Å². The molecule has 0 bridgehead atoms. The highest BCUT2D eigenvalue weighted by molar-refractivity contribution is 5.76. The molecule has 26 heavy (non-hydrogen) atoms. The molecule has 0 aliphatic rings. The Morgan fingerprint density at radius 2 is 1.81 bits per heavy atom. The van der Waals surface area contributed by atoms with E-state index < -0.39 is 11.7 Å². The summed E-state index contributed by atoms with van der Waals surface area (Å²) in [5, 5.41) is 10.2. The molecule has 3 aromatic rings. The van der Waals surface area contributed by atoms with Crippen LogP contribution in [0.15, 0.2) is 42.6 Å². The summed E-state index contributed by atoms with van der Waals surface area (Å²) in [6, 6.07) is 7.95. The Morgan fingerprint density at radius 1 is 1.08 bits per heavy atom. The second-order valence-corrected chi connectivity index (χ2v) is 5.66. The van der Waals surface area contributed by atoms with Crippen molar-refractivity contribution in [3.8, 4) is 0 Å². The number of carbonyl (C=O) groups is 1. The predicted octanol–water partition coefficient (Wildman–Crippen LogP) is 3.14. The second-order valence-electron chi connectivity index (χ2n) is 5.66. The van der Waals surface area contributed by atoms with Crippen molar-refractivity contribution in [2.75, 3.05) is 0 Å². The van der Waals surface area contributed by atoms with E-state index in [4.69, 9.17) is 0 Å². The van der Waals surface area contributed by atoms with Crippen molar-refractivity contribution in [3.05, 3.63) is 65.4 Å². The number of amides is 1. The SMILES string of the molecule is O=C(CCc1ccc(F)cc1)NCc1nnc2ccc(C(F)(F)F)cn12. The van der Waals surface area contributed by atoms with Crippen LogP contribution in [0.5, 0.6) is 0 Å². The number of hydrogen-bond donors (Lipinski definition) is 1. The molecule has 0 saturated carbocycles. The van der Waals surface area contributed by atoms with E-state index in [0.29, 0.717) is 6.42 Å². The normalized spacial score (nSPS) is 11.7. The molecule has 0 aliphatic heterocycles. The molecular weight excluding hydrogens is 352 g/mol. The number of carbonyl (C=O) groups excluding carboxylic acids is 1. The summed E-state index contributed by atoms with van der Waals surface area (Å²) in [6.45, 7) is -0.0509. The highest BCUT2D eigenvalue weighted by Crippen LogP contribution is 2.29. The number of fused-ring (bicyclic) bond motifs is 1. The van der Waals surface area contributed by atoms with E-state index in [2.05, 4.69) is 15.5 Å². The topological polar surface area (TPSA) is 59.3 Å². The molecule has 0 aliphatic carbocycles. The molecule has 2 aromatic heterocycles. The average Bonchev–Trinajstić information content (AvgIpc) is 3.01. The fourth-order valence-corrected chi connectivity index (χ4v) is 2.40. The summed E-state index contributed by atoms with van der Waals surface area (Å²) in [7, 11) is 0. The third kappa shape index (κ3) is 4.16. The molecule has 1 aromatic carbocycles. The van der Waals surface area contributed by atoms with Gasteiger partial charge in [0.25, 0.3) is 0 Å². The van der Waals surface area contributed by atoms with Gasteiger partial charge in [-0.1, -0.05) is 12.1 Å². The van der Waals surface area contributed by atoms with Gasteiger partial charge in [0, 0.05) is 12.6 Å². The molecule has 0 saturated heterocycles. The van der Waals surface area contributed by atoms with Crippen LogP contribution in [0.2, 0.25) is 0 Å². The van der Waals surface area contributed by atoms with Gasteiger partial charge in [0.15, 0.2) is 11.5 Å². The van der Waals surface area contributed by atoms with Crippen LogP contribution in [0.1, 0.15) is 23.4 Å². The monoisotopic (exact) mass is 366 g/mol. The molecule has 136 valence electrons. The number of alkyl halides is 3. The van der Waals surface area contributed by atoms with Crippen molar-refractivity contribution in [2.24, 2.45) is 0 Å². The Hall–Kier alpha value is -2.97. The lowest BCUT2D eigenvalue weighted by atomic mass is 10.1. The van der Waals surface area contributed by atoms with Crippen LogP contribution >= 0.6 is 0 Å². The van der Waals surface area contributed by atoms with E-state index in [-0.39, 0.29) is 36.2 Å². The van der Waals surface area contributed by atoms with E-state index in [1.54, 1.807) is 12.1 Å². The van der Waals surface area contributed by atoms with Gasteiger partial charge in [0.1, 0.15) is 5.82 Å². The molecular formula is C17H14F4N4O. The number of hydrogen-bond acceptors (Lipinski definition) is 3. The first-order valence-electron chi connectivity index (χ1n) is 7.75. The number of aryl methyl sites for hydroxylation is 1. The quantitative estimate of drug-likeness (QED) is 0.706. The van der Waals surface area contributed by atoms with Crippen LogP contribution < -0.4 is 5.32 Å². The molecule has 1 N–H and O–H groups in total. The fourth-order valence-electron chi connectivity index (χ4n) is 2.40. The van der Waals surface area contributed by atoms with Crippen molar-refractivity contribution in [1.82, 2.24) is 19.9 Å². The molecule has 5 nitrogen and oxygen atoms in total. The van der Waals surface area contributed by atoms with Gasteiger partial charge in [-0.25, -0.2) is 4.39 Å². The fraction of sp³-hybridized carbons (Fsp3) is 0.235. The first-order valence-corrected chi connectivity index (χ1v) is 7.75. The Morgan fingerprint density at radius 3 is 2.50 bits per heavy atom. The van der Waals surface area contributed by atoms with E-state index in [9.17, 15) is 22.4 Å². The number of halogens is 4. The molecule has 0 atom stereocenters. The highest BCUT2D eigenvalue weighted by atomic mass is 19.4. The number of pyridine rings is 1. The zero-order chi connectivity index (χ0) is 18.7. The summed E-state index contributed by atoms with van der Waals surface area (Å²) in [4.78, 5) is 11.9. The molecule has 0 radical (unpaired) electrons. The molecule has 0 spiro atoms. The van der Waals surface area contributed by atoms with Gasteiger partial charge >= 0.3 is 6.18 Å². The molecule has 9 heteroatoms. The summed E-state index contributed by atoms with van der Waals surface area (Å²) < 4.78 is 52.4. The Labute approximate surface area is 145 Å². The number of nitrogens with zero attached hydrogens (tertiary/aromatic N) is 3. The maximum Gasteiger partial charge on any atom is 0.417 e. The molecule has 1 amide bonds. The van der Waals surface area contributed by atoms with E-state index in [1.807, 2.05) is 0 Å². The summed E-state index contributed by atoms with van der Waals surface area (Å²) in [6.07, 6.45) is -3.00. The van der Waals surface area contributed by atoms with Gasteiger partial charge < -0.3 is 5.32 Å².